The lowest BCUT2D eigenvalue weighted by Crippen LogP contribution is -2.08. The second kappa shape index (κ2) is 8.28. The Bertz CT molecular complexity index is 1130. The number of nitrogens with zero attached hydrogens (tertiary/aromatic N) is 4. The zero-order valence-corrected chi connectivity index (χ0v) is 16.4. The van der Waals surface area contributed by atoms with Crippen LogP contribution < -0.4 is 10.1 Å². The summed E-state index contributed by atoms with van der Waals surface area (Å²) in [5.41, 5.74) is -1.06. The molecule has 0 atom stereocenters. The molecule has 0 fully saturated rings. The normalized spacial score (nSPS) is 11.3. The maximum absolute atomic E-state index is 12.8. The predicted octanol–water partition coefficient (Wildman–Crippen LogP) is 5.95. The minimum Gasteiger partial charge on any atom is -0.434 e. The van der Waals surface area contributed by atoms with Gasteiger partial charge in [0, 0.05) is 11.2 Å². The van der Waals surface area contributed by atoms with Crippen LogP contribution in [0.2, 0.25) is 10.0 Å². The zero-order valence-electron chi connectivity index (χ0n) is 14.9. The van der Waals surface area contributed by atoms with E-state index < -0.39 is 33.3 Å². The molecule has 0 aliphatic carbocycles. The third-order valence-electron chi connectivity index (χ3n) is 3.72. The zero-order chi connectivity index (χ0) is 22.1. The molecule has 0 radical (unpaired) electrons. The molecule has 0 amide bonds. The van der Waals surface area contributed by atoms with Gasteiger partial charge in [0.25, 0.3) is 0 Å². The minimum absolute atomic E-state index is 0.232. The summed E-state index contributed by atoms with van der Waals surface area (Å²) in [5.74, 6) is -0.804. The maximum Gasteiger partial charge on any atom is 0.417 e. The Balaban J connectivity index is 1.97. The summed E-state index contributed by atoms with van der Waals surface area (Å²) in [6.07, 6.45) is -3.13. The first-order valence-electron chi connectivity index (χ1n) is 7.99. The summed E-state index contributed by atoms with van der Waals surface area (Å²) >= 11 is 11.8. The van der Waals surface area contributed by atoms with Gasteiger partial charge in [0.05, 0.1) is 15.5 Å². The fourth-order valence-electron chi connectivity index (χ4n) is 2.28. The fourth-order valence-corrected chi connectivity index (χ4v) is 2.61. The van der Waals surface area contributed by atoms with Crippen molar-refractivity contribution in [3.8, 4) is 11.6 Å². The summed E-state index contributed by atoms with van der Waals surface area (Å²) in [7, 11) is 0. The van der Waals surface area contributed by atoms with Gasteiger partial charge in [-0.1, -0.05) is 23.2 Å². The van der Waals surface area contributed by atoms with Crippen LogP contribution in [0.15, 0.2) is 36.8 Å². The first-order valence-corrected chi connectivity index (χ1v) is 8.75. The highest BCUT2D eigenvalue weighted by Crippen LogP contribution is 2.38. The van der Waals surface area contributed by atoms with Crippen molar-refractivity contribution < 1.29 is 22.8 Å². The summed E-state index contributed by atoms with van der Waals surface area (Å²) in [6.45, 7) is 1.72. The van der Waals surface area contributed by atoms with Crippen molar-refractivity contribution in [2.24, 2.45) is 0 Å². The summed E-state index contributed by atoms with van der Waals surface area (Å²) in [6, 6.07) is 5.22. The number of aromatic nitrogens is 3. The number of benzene rings is 1. The van der Waals surface area contributed by atoms with Crippen molar-refractivity contribution >= 4 is 40.5 Å². The van der Waals surface area contributed by atoms with Gasteiger partial charge < -0.3 is 10.1 Å². The lowest BCUT2D eigenvalue weighted by molar-refractivity contribution is -0.385. The molecule has 0 aliphatic heterocycles. The van der Waals surface area contributed by atoms with Gasteiger partial charge in [-0.25, -0.2) is 9.97 Å². The molecule has 13 heteroatoms. The SMILES string of the molecule is Cc1cc(Oc2ncnc(Nc3ncc(C(F)(F)F)cc3Cl)c2[N+](=O)[O-])ccc1Cl. The van der Waals surface area contributed by atoms with E-state index in [2.05, 4.69) is 20.3 Å². The molecular weight excluding hydrogens is 450 g/mol. The van der Waals surface area contributed by atoms with E-state index in [0.717, 1.165) is 6.33 Å². The first-order chi connectivity index (χ1) is 14.1. The second-order valence-electron chi connectivity index (χ2n) is 5.82. The van der Waals surface area contributed by atoms with E-state index in [9.17, 15) is 23.3 Å². The Kier molecular flexibility index (Phi) is 5.94. The van der Waals surface area contributed by atoms with Crippen molar-refractivity contribution in [2.45, 2.75) is 13.1 Å². The standard InChI is InChI=1S/C17H10Cl2F3N5O3/c1-8-4-10(2-3-11(8)18)30-16-13(27(28)29)15(24-7-25-16)26-14-12(19)5-9(6-23-14)17(20,21)22/h2-7H,1H3,(H,23,24,25,26). The molecule has 0 unspecified atom stereocenters. The highest BCUT2D eigenvalue weighted by atomic mass is 35.5. The number of halogens is 5. The molecule has 3 rings (SSSR count). The lowest BCUT2D eigenvalue weighted by Gasteiger charge is -2.12. The van der Waals surface area contributed by atoms with Crippen LogP contribution in [-0.4, -0.2) is 19.9 Å². The van der Waals surface area contributed by atoms with Gasteiger partial charge in [-0.05, 0) is 36.8 Å². The van der Waals surface area contributed by atoms with Crippen molar-refractivity contribution in [1.29, 1.82) is 0 Å². The van der Waals surface area contributed by atoms with Crippen LogP contribution in [0.25, 0.3) is 0 Å². The van der Waals surface area contributed by atoms with E-state index in [1.54, 1.807) is 19.1 Å². The third kappa shape index (κ3) is 4.69. The van der Waals surface area contributed by atoms with Crippen LogP contribution in [0.3, 0.4) is 0 Å². The maximum atomic E-state index is 12.8. The second-order valence-corrected chi connectivity index (χ2v) is 6.64. The number of nitro groups is 1. The molecule has 1 aromatic carbocycles. The molecule has 2 heterocycles. The van der Waals surface area contributed by atoms with Crippen LogP contribution >= 0.6 is 23.2 Å². The number of alkyl halides is 3. The predicted molar refractivity (Wildman–Crippen MR) is 102 cm³/mol. The van der Waals surface area contributed by atoms with Gasteiger partial charge in [0.2, 0.25) is 5.82 Å². The highest BCUT2D eigenvalue weighted by Gasteiger charge is 2.32. The first kappa shape index (κ1) is 21.5. The van der Waals surface area contributed by atoms with Crippen LogP contribution in [0, 0.1) is 17.0 Å². The molecule has 0 spiro atoms. The number of hydrogen-bond acceptors (Lipinski definition) is 7. The number of ether oxygens (including phenoxy) is 1. The smallest absolute Gasteiger partial charge is 0.417 e. The summed E-state index contributed by atoms with van der Waals surface area (Å²) < 4.78 is 43.8. The number of hydrogen-bond donors (Lipinski definition) is 1. The van der Waals surface area contributed by atoms with Gasteiger partial charge in [0.15, 0.2) is 5.82 Å². The Labute approximate surface area is 176 Å². The number of rotatable bonds is 5. The van der Waals surface area contributed by atoms with E-state index in [0.29, 0.717) is 22.8 Å². The molecule has 1 N–H and O–H groups in total. The molecule has 3 aromatic rings. The molecular formula is C17H10Cl2F3N5O3. The highest BCUT2D eigenvalue weighted by molar-refractivity contribution is 6.33. The Morgan fingerprint density at radius 2 is 1.83 bits per heavy atom. The quantitative estimate of drug-likeness (QED) is 0.371. The van der Waals surface area contributed by atoms with Gasteiger partial charge in [-0.15, -0.1) is 0 Å². The largest absolute Gasteiger partial charge is 0.434 e. The van der Waals surface area contributed by atoms with E-state index in [1.165, 1.54) is 6.07 Å². The molecule has 0 aliphatic rings. The summed E-state index contributed by atoms with van der Waals surface area (Å²) in [4.78, 5) is 21.9. The Morgan fingerprint density at radius 1 is 1.10 bits per heavy atom. The molecule has 0 bridgehead atoms. The number of nitrogens with one attached hydrogen (secondary N) is 1. The van der Waals surface area contributed by atoms with Crippen LogP contribution in [0.1, 0.15) is 11.1 Å². The average molecular weight is 460 g/mol. The molecule has 156 valence electrons. The monoisotopic (exact) mass is 459 g/mol. The van der Waals surface area contributed by atoms with Crippen LogP contribution in [0.5, 0.6) is 11.6 Å². The number of pyridine rings is 1. The van der Waals surface area contributed by atoms with E-state index >= 15 is 0 Å². The van der Waals surface area contributed by atoms with Crippen molar-refractivity contribution in [3.63, 3.8) is 0 Å². The van der Waals surface area contributed by atoms with Crippen molar-refractivity contribution in [3.05, 3.63) is 68.1 Å². The van der Waals surface area contributed by atoms with Crippen molar-refractivity contribution in [1.82, 2.24) is 15.0 Å². The van der Waals surface area contributed by atoms with Gasteiger partial charge in [-0.2, -0.15) is 18.2 Å². The lowest BCUT2D eigenvalue weighted by atomic mass is 10.2. The number of anilines is 2. The minimum atomic E-state index is -4.65. The molecule has 30 heavy (non-hydrogen) atoms. The van der Waals surface area contributed by atoms with E-state index in [4.69, 9.17) is 27.9 Å². The molecule has 0 saturated heterocycles. The van der Waals surface area contributed by atoms with Gasteiger partial charge in [-0.3, -0.25) is 10.1 Å². The summed E-state index contributed by atoms with van der Waals surface area (Å²) in [5, 5.41) is 14.1. The van der Waals surface area contributed by atoms with Crippen molar-refractivity contribution in [2.75, 3.05) is 5.32 Å². The fraction of sp³-hybridized carbons (Fsp3) is 0.118. The van der Waals surface area contributed by atoms with Crippen LogP contribution in [0.4, 0.5) is 30.5 Å². The molecule has 2 aromatic heterocycles. The molecule has 8 nitrogen and oxygen atoms in total. The van der Waals surface area contributed by atoms with Gasteiger partial charge >= 0.3 is 17.7 Å². The number of aryl methyl sites for hydroxylation is 1. The Morgan fingerprint density at radius 3 is 2.43 bits per heavy atom. The Hall–Kier alpha value is -3.18. The topological polar surface area (TPSA) is 103 Å². The third-order valence-corrected chi connectivity index (χ3v) is 4.43. The van der Waals surface area contributed by atoms with E-state index in [1.807, 2.05) is 0 Å². The molecule has 0 saturated carbocycles. The van der Waals surface area contributed by atoms with Gasteiger partial charge in [0.1, 0.15) is 12.1 Å². The van der Waals surface area contributed by atoms with Crippen LogP contribution in [-0.2, 0) is 6.18 Å². The van der Waals surface area contributed by atoms with E-state index in [-0.39, 0.29) is 17.4 Å². The average Bonchev–Trinajstić information content (AvgIpc) is 2.65.